The second kappa shape index (κ2) is 6.62. The lowest BCUT2D eigenvalue weighted by molar-refractivity contribution is -0.131. The van der Waals surface area contributed by atoms with Gasteiger partial charge in [0.25, 0.3) is 0 Å². The van der Waals surface area contributed by atoms with Crippen LogP contribution in [-0.2, 0) is 4.79 Å². The highest BCUT2D eigenvalue weighted by atomic mass is 16.5. The molecular formula is C16H14O6. The normalized spacial score (nSPS) is 10.0. The molecule has 2 aromatic rings. The van der Waals surface area contributed by atoms with E-state index in [-0.39, 0.29) is 23.7 Å². The van der Waals surface area contributed by atoms with E-state index in [4.69, 9.17) is 9.47 Å². The Balaban J connectivity index is 1.97. The molecule has 2 N–H and O–H groups in total. The standard InChI is InChI=1S/C16H14O6/c1-10(17)22-13-5-3-12(4-6-13)21-9-16(20)14-7-2-11(18)8-15(14)19/h2-8,18-19H,9H2,1H3. The molecule has 6 heteroatoms. The zero-order chi connectivity index (χ0) is 16.1. The molecule has 0 aliphatic carbocycles. The number of ketones is 1. The smallest absolute Gasteiger partial charge is 0.308 e. The number of carbonyl (C=O) groups excluding carboxylic acids is 2. The van der Waals surface area contributed by atoms with Crippen LogP contribution in [0.15, 0.2) is 42.5 Å². The topological polar surface area (TPSA) is 93.1 Å². The first kappa shape index (κ1) is 15.4. The molecule has 0 spiro atoms. The molecular weight excluding hydrogens is 288 g/mol. The lowest BCUT2D eigenvalue weighted by Crippen LogP contribution is -2.11. The summed E-state index contributed by atoms with van der Waals surface area (Å²) in [5.74, 6) is -0.493. The van der Waals surface area contributed by atoms with Crippen LogP contribution in [0.3, 0.4) is 0 Å². The second-order valence-electron chi connectivity index (χ2n) is 4.48. The number of esters is 1. The Morgan fingerprint density at radius 1 is 1.00 bits per heavy atom. The number of phenolic OH excluding ortho intramolecular Hbond substituents is 2. The highest BCUT2D eigenvalue weighted by Gasteiger charge is 2.12. The van der Waals surface area contributed by atoms with E-state index in [0.29, 0.717) is 11.5 Å². The van der Waals surface area contributed by atoms with Gasteiger partial charge < -0.3 is 19.7 Å². The van der Waals surface area contributed by atoms with Gasteiger partial charge in [-0.2, -0.15) is 0 Å². The van der Waals surface area contributed by atoms with Gasteiger partial charge in [0.2, 0.25) is 5.78 Å². The fraction of sp³-hybridized carbons (Fsp3) is 0.125. The molecule has 0 saturated carbocycles. The number of Topliss-reactive ketones (excluding diaryl/α,β-unsaturated/α-hetero) is 1. The van der Waals surface area contributed by atoms with Crippen LogP contribution in [0.2, 0.25) is 0 Å². The monoisotopic (exact) mass is 302 g/mol. The van der Waals surface area contributed by atoms with Crippen molar-refractivity contribution in [3.8, 4) is 23.0 Å². The molecule has 0 aliphatic rings. The number of hydrogen-bond donors (Lipinski definition) is 2. The predicted octanol–water partition coefficient (Wildman–Crippen LogP) is 2.28. The van der Waals surface area contributed by atoms with Crippen molar-refractivity contribution in [1.29, 1.82) is 0 Å². The minimum Gasteiger partial charge on any atom is -0.508 e. The van der Waals surface area contributed by atoms with Crippen LogP contribution in [0.5, 0.6) is 23.0 Å². The fourth-order valence-electron chi connectivity index (χ4n) is 1.75. The summed E-state index contributed by atoms with van der Waals surface area (Å²) in [5, 5.41) is 18.8. The molecule has 0 aromatic heterocycles. The zero-order valence-electron chi connectivity index (χ0n) is 11.8. The van der Waals surface area contributed by atoms with Crippen molar-refractivity contribution in [2.45, 2.75) is 6.92 Å². The Hall–Kier alpha value is -3.02. The molecule has 114 valence electrons. The molecule has 2 aromatic carbocycles. The molecule has 0 saturated heterocycles. The predicted molar refractivity (Wildman–Crippen MR) is 77.3 cm³/mol. The first-order chi connectivity index (χ1) is 10.5. The molecule has 2 rings (SSSR count). The Bertz CT molecular complexity index is 690. The molecule has 0 radical (unpaired) electrons. The largest absolute Gasteiger partial charge is 0.508 e. The van der Waals surface area contributed by atoms with Crippen molar-refractivity contribution in [1.82, 2.24) is 0 Å². The van der Waals surface area contributed by atoms with Crippen molar-refractivity contribution < 1.29 is 29.3 Å². The summed E-state index contributed by atoms with van der Waals surface area (Å²) < 4.78 is 10.2. The molecule has 0 amide bonds. The van der Waals surface area contributed by atoms with Gasteiger partial charge in [0.15, 0.2) is 6.61 Å². The summed E-state index contributed by atoms with van der Waals surface area (Å²) in [5.41, 5.74) is 0.0642. The summed E-state index contributed by atoms with van der Waals surface area (Å²) in [4.78, 5) is 22.7. The first-order valence-electron chi connectivity index (χ1n) is 6.42. The SMILES string of the molecule is CC(=O)Oc1ccc(OCC(=O)c2ccc(O)cc2O)cc1. The highest BCUT2D eigenvalue weighted by molar-refractivity contribution is 5.99. The van der Waals surface area contributed by atoms with Crippen LogP contribution >= 0.6 is 0 Å². The summed E-state index contributed by atoms with van der Waals surface area (Å²) in [6.45, 7) is 1.03. The Kier molecular flexibility index (Phi) is 4.63. The van der Waals surface area contributed by atoms with E-state index in [1.54, 1.807) is 24.3 Å². The van der Waals surface area contributed by atoms with Gasteiger partial charge in [-0.15, -0.1) is 0 Å². The van der Waals surface area contributed by atoms with E-state index in [2.05, 4.69) is 0 Å². The third kappa shape index (κ3) is 3.99. The maximum atomic E-state index is 11.9. The number of hydrogen-bond acceptors (Lipinski definition) is 6. The number of carbonyl (C=O) groups is 2. The molecule has 0 aliphatic heterocycles. The quantitative estimate of drug-likeness (QED) is 0.500. The molecule has 0 unspecified atom stereocenters. The van der Waals surface area contributed by atoms with Crippen molar-refractivity contribution >= 4 is 11.8 Å². The van der Waals surface area contributed by atoms with E-state index >= 15 is 0 Å². The van der Waals surface area contributed by atoms with Crippen molar-refractivity contribution in [2.75, 3.05) is 6.61 Å². The van der Waals surface area contributed by atoms with Crippen LogP contribution < -0.4 is 9.47 Å². The average molecular weight is 302 g/mol. The van der Waals surface area contributed by atoms with E-state index < -0.39 is 11.8 Å². The van der Waals surface area contributed by atoms with Gasteiger partial charge in [0.05, 0.1) is 5.56 Å². The number of rotatable bonds is 5. The molecule has 0 heterocycles. The number of phenols is 2. The maximum absolute atomic E-state index is 11.9. The van der Waals surface area contributed by atoms with Crippen LogP contribution in [0, 0.1) is 0 Å². The van der Waals surface area contributed by atoms with Gasteiger partial charge >= 0.3 is 5.97 Å². The van der Waals surface area contributed by atoms with Gasteiger partial charge in [-0.1, -0.05) is 0 Å². The third-order valence-corrected chi connectivity index (χ3v) is 2.74. The molecule has 0 bridgehead atoms. The van der Waals surface area contributed by atoms with Gasteiger partial charge in [-0.3, -0.25) is 9.59 Å². The molecule has 6 nitrogen and oxygen atoms in total. The lowest BCUT2D eigenvalue weighted by Gasteiger charge is -2.08. The van der Waals surface area contributed by atoms with E-state index in [9.17, 15) is 19.8 Å². The lowest BCUT2D eigenvalue weighted by atomic mass is 10.1. The van der Waals surface area contributed by atoms with Crippen molar-refractivity contribution in [3.05, 3.63) is 48.0 Å². The minimum absolute atomic E-state index is 0.0642. The zero-order valence-corrected chi connectivity index (χ0v) is 11.8. The first-order valence-corrected chi connectivity index (χ1v) is 6.42. The summed E-state index contributed by atoms with van der Waals surface area (Å²) in [7, 11) is 0. The number of ether oxygens (including phenoxy) is 2. The van der Waals surface area contributed by atoms with Crippen LogP contribution in [-0.4, -0.2) is 28.6 Å². The van der Waals surface area contributed by atoms with Crippen molar-refractivity contribution in [2.24, 2.45) is 0 Å². The van der Waals surface area contributed by atoms with Gasteiger partial charge in [0, 0.05) is 13.0 Å². The van der Waals surface area contributed by atoms with Crippen molar-refractivity contribution in [3.63, 3.8) is 0 Å². The summed E-state index contributed by atoms with van der Waals surface area (Å²) in [6.07, 6.45) is 0. The number of aromatic hydroxyl groups is 2. The van der Waals surface area contributed by atoms with Crippen LogP contribution in [0.1, 0.15) is 17.3 Å². The maximum Gasteiger partial charge on any atom is 0.308 e. The van der Waals surface area contributed by atoms with Gasteiger partial charge in [-0.05, 0) is 36.4 Å². The van der Waals surface area contributed by atoms with Crippen LogP contribution in [0.4, 0.5) is 0 Å². The Labute approximate surface area is 126 Å². The van der Waals surface area contributed by atoms with E-state index in [1.165, 1.54) is 19.1 Å². The Morgan fingerprint density at radius 2 is 1.64 bits per heavy atom. The Morgan fingerprint density at radius 3 is 2.23 bits per heavy atom. The van der Waals surface area contributed by atoms with Gasteiger partial charge in [-0.25, -0.2) is 0 Å². The van der Waals surface area contributed by atoms with E-state index in [1.807, 2.05) is 0 Å². The van der Waals surface area contributed by atoms with Gasteiger partial charge in [0.1, 0.15) is 23.0 Å². The average Bonchev–Trinajstić information content (AvgIpc) is 2.45. The van der Waals surface area contributed by atoms with E-state index in [0.717, 1.165) is 6.07 Å². The summed E-state index contributed by atoms with van der Waals surface area (Å²) >= 11 is 0. The molecule has 0 fully saturated rings. The molecule has 22 heavy (non-hydrogen) atoms. The molecule has 0 atom stereocenters. The minimum atomic E-state index is -0.429. The second-order valence-corrected chi connectivity index (χ2v) is 4.48. The third-order valence-electron chi connectivity index (χ3n) is 2.74. The fourth-order valence-corrected chi connectivity index (χ4v) is 1.75. The highest BCUT2D eigenvalue weighted by Crippen LogP contribution is 2.23. The number of benzene rings is 2. The van der Waals surface area contributed by atoms with Crippen LogP contribution in [0.25, 0.3) is 0 Å². The summed E-state index contributed by atoms with van der Waals surface area (Å²) in [6, 6.07) is 9.91.